The number of hydrogen-bond acceptors (Lipinski definition) is 3. The number of nitrogens with two attached hydrogens (primary N) is 1. The van der Waals surface area contributed by atoms with Gasteiger partial charge >= 0.3 is 6.18 Å². The van der Waals surface area contributed by atoms with Crippen LogP contribution in [0.25, 0.3) is 0 Å². The molecule has 1 saturated heterocycles. The second-order valence-corrected chi connectivity index (χ2v) is 5.55. The molecule has 1 aliphatic rings. The summed E-state index contributed by atoms with van der Waals surface area (Å²) in [5, 5.41) is 0. The Bertz CT molecular complexity index is 428. The van der Waals surface area contributed by atoms with Crippen molar-refractivity contribution >= 4 is 23.1 Å². The van der Waals surface area contributed by atoms with Gasteiger partial charge in [0.05, 0.1) is 5.56 Å². The minimum absolute atomic E-state index is 0.139. The highest BCUT2D eigenvalue weighted by Crippen LogP contribution is 2.39. The molecule has 0 radical (unpaired) electrons. The van der Waals surface area contributed by atoms with Crippen molar-refractivity contribution in [1.29, 1.82) is 0 Å². The maximum absolute atomic E-state index is 13.0. The molecule has 1 aromatic rings. The van der Waals surface area contributed by atoms with Crippen molar-refractivity contribution in [3.05, 3.63) is 23.8 Å². The molecule has 0 amide bonds. The molecule has 0 spiro atoms. The van der Waals surface area contributed by atoms with E-state index in [0.717, 1.165) is 24.0 Å². The maximum Gasteiger partial charge on any atom is 0.418 e. The highest BCUT2D eigenvalue weighted by Gasteiger charge is 2.36. The number of nitrogens with zero attached hydrogens (tertiary/aromatic N) is 1. The fourth-order valence-electron chi connectivity index (χ4n) is 2.11. The number of thioether (sulfide) groups is 1. The maximum atomic E-state index is 13.0. The Balaban J connectivity index is 2.37. The minimum atomic E-state index is -4.37. The third-order valence-corrected chi connectivity index (χ3v) is 4.30. The lowest BCUT2D eigenvalue weighted by molar-refractivity contribution is -0.137. The van der Waals surface area contributed by atoms with Crippen molar-refractivity contribution in [2.75, 3.05) is 29.2 Å². The number of halogens is 3. The summed E-state index contributed by atoms with van der Waals surface area (Å²) in [5.74, 6) is 1.88. The highest BCUT2D eigenvalue weighted by atomic mass is 32.2. The zero-order valence-corrected chi connectivity index (χ0v) is 10.8. The predicted molar refractivity (Wildman–Crippen MR) is 70.0 cm³/mol. The first-order chi connectivity index (χ1) is 8.39. The van der Waals surface area contributed by atoms with E-state index in [4.69, 9.17) is 5.73 Å². The van der Waals surface area contributed by atoms with Crippen LogP contribution < -0.4 is 10.6 Å². The lowest BCUT2D eigenvalue weighted by atomic mass is 10.1. The number of alkyl halides is 3. The summed E-state index contributed by atoms with van der Waals surface area (Å²) in [6.07, 6.45) is -3.45. The molecule has 18 heavy (non-hydrogen) atoms. The second kappa shape index (κ2) is 4.91. The Morgan fingerprint density at radius 2 is 2.11 bits per heavy atom. The Morgan fingerprint density at radius 1 is 1.39 bits per heavy atom. The molecular weight excluding hydrogens is 261 g/mol. The fourth-order valence-corrected chi connectivity index (χ4v) is 3.38. The monoisotopic (exact) mass is 276 g/mol. The average Bonchev–Trinajstić information content (AvgIpc) is 2.80. The van der Waals surface area contributed by atoms with E-state index >= 15 is 0 Å². The molecule has 0 saturated carbocycles. The Labute approximate surface area is 108 Å². The molecule has 6 heteroatoms. The molecule has 2 rings (SSSR count). The lowest BCUT2D eigenvalue weighted by Gasteiger charge is -2.29. The Morgan fingerprint density at radius 3 is 2.67 bits per heavy atom. The van der Waals surface area contributed by atoms with Gasteiger partial charge in [-0.2, -0.15) is 24.9 Å². The summed E-state index contributed by atoms with van der Waals surface area (Å²) in [6.45, 7) is 0. The SMILES string of the molecule is CN(c1ccc(N)cc1C(F)(F)F)C1CCSC1. The normalized spacial score (nSPS) is 20.1. The number of hydrogen-bond donors (Lipinski definition) is 1. The predicted octanol–water partition coefficient (Wildman–Crippen LogP) is 3.23. The van der Waals surface area contributed by atoms with Gasteiger partial charge in [0.1, 0.15) is 0 Å². The quantitative estimate of drug-likeness (QED) is 0.841. The fraction of sp³-hybridized carbons (Fsp3) is 0.500. The van der Waals surface area contributed by atoms with E-state index in [-0.39, 0.29) is 17.4 Å². The van der Waals surface area contributed by atoms with Crippen LogP contribution in [0.2, 0.25) is 0 Å². The molecular formula is C12H15F3N2S. The first-order valence-electron chi connectivity index (χ1n) is 5.67. The van der Waals surface area contributed by atoms with E-state index in [0.29, 0.717) is 0 Å². The van der Waals surface area contributed by atoms with Crippen molar-refractivity contribution in [2.45, 2.75) is 18.6 Å². The smallest absolute Gasteiger partial charge is 0.399 e. The topological polar surface area (TPSA) is 29.3 Å². The van der Waals surface area contributed by atoms with Crippen LogP contribution in [0.4, 0.5) is 24.5 Å². The van der Waals surface area contributed by atoms with Gasteiger partial charge in [-0.05, 0) is 30.4 Å². The van der Waals surface area contributed by atoms with Crippen molar-refractivity contribution in [3.8, 4) is 0 Å². The van der Waals surface area contributed by atoms with Crippen LogP contribution in [0.5, 0.6) is 0 Å². The molecule has 100 valence electrons. The Hall–Kier alpha value is -1.04. The van der Waals surface area contributed by atoms with Crippen LogP contribution in [0, 0.1) is 0 Å². The summed E-state index contributed by atoms with van der Waals surface area (Å²) in [6, 6.07) is 4.15. The van der Waals surface area contributed by atoms with Gasteiger partial charge in [0.15, 0.2) is 0 Å². The van der Waals surface area contributed by atoms with Gasteiger partial charge in [-0.25, -0.2) is 0 Å². The van der Waals surface area contributed by atoms with Gasteiger partial charge < -0.3 is 10.6 Å². The van der Waals surface area contributed by atoms with Crippen LogP contribution in [0.1, 0.15) is 12.0 Å². The first kappa shape index (κ1) is 13.4. The number of benzene rings is 1. The lowest BCUT2D eigenvalue weighted by Crippen LogP contribution is -2.33. The van der Waals surface area contributed by atoms with Crippen LogP contribution in [-0.2, 0) is 6.18 Å². The van der Waals surface area contributed by atoms with Gasteiger partial charge in [0, 0.05) is 30.2 Å². The van der Waals surface area contributed by atoms with E-state index in [1.807, 2.05) is 0 Å². The van der Waals surface area contributed by atoms with Crippen molar-refractivity contribution < 1.29 is 13.2 Å². The number of anilines is 2. The van der Waals surface area contributed by atoms with Crippen molar-refractivity contribution in [3.63, 3.8) is 0 Å². The molecule has 2 nitrogen and oxygen atoms in total. The van der Waals surface area contributed by atoms with Gasteiger partial charge in [-0.1, -0.05) is 0 Å². The molecule has 1 atom stereocenters. The molecule has 0 aliphatic carbocycles. The molecule has 1 unspecified atom stereocenters. The molecule has 0 bridgehead atoms. The number of rotatable bonds is 2. The number of nitrogen functional groups attached to an aromatic ring is 1. The first-order valence-corrected chi connectivity index (χ1v) is 6.82. The molecule has 1 aliphatic heterocycles. The Kier molecular flexibility index (Phi) is 3.66. The zero-order chi connectivity index (χ0) is 13.3. The van der Waals surface area contributed by atoms with E-state index in [2.05, 4.69) is 0 Å². The molecule has 1 fully saturated rings. The van der Waals surface area contributed by atoms with Crippen molar-refractivity contribution in [1.82, 2.24) is 0 Å². The van der Waals surface area contributed by atoms with Gasteiger partial charge in [0.25, 0.3) is 0 Å². The minimum Gasteiger partial charge on any atom is -0.399 e. The van der Waals surface area contributed by atoms with Crippen LogP contribution in [-0.4, -0.2) is 24.6 Å². The van der Waals surface area contributed by atoms with Gasteiger partial charge in [0.2, 0.25) is 0 Å². The average molecular weight is 276 g/mol. The van der Waals surface area contributed by atoms with Crippen LogP contribution >= 0.6 is 11.8 Å². The summed E-state index contributed by atoms with van der Waals surface area (Å²) in [4.78, 5) is 1.72. The molecule has 2 N–H and O–H groups in total. The standard InChI is InChI=1S/C12H15F3N2S/c1-17(9-4-5-18-7-9)11-3-2-8(16)6-10(11)12(13,14)15/h2-3,6,9H,4-5,7,16H2,1H3. The van der Waals surface area contributed by atoms with E-state index < -0.39 is 11.7 Å². The summed E-state index contributed by atoms with van der Waals surface area (Å²) in [7, 11) is 1.72. The summed E-state index contributed by atoms with van der Waals surface area (Å²) < 4.78 is 39.0. The van der Waals surface area contributed by atoms with Gasteiger partial charge in [-0.15, -0.1) is 0 Å². The molecule has 1 aromatic carbocycles. The molecule has 1 heterocycles. The summed E-state index contributed by atoms with van der Waals surface area (Å²) >= 11 is 1.77. The van der Waals surface area contributed by atoms with Gasteiger partial charge in [-0.3, -0.25) is 0 Å². The summed E-state index contributed by atoms with van der Waals surface area (Å²) in [5.41, 5.74) is 5.16. The third-order valence-electron chi connectivity index (χ3n) is 3.16. The van der Waals surface area contributed by atoms with E-state index in [9.17, 15) is 13.2 Å². The van der Waals surface area contributed by atoms with E-state index in [1.165, 1.54) is 12.1 Å². The van der Waals surface area contributed by atoms with Crippen LogP contribution in [0.3, 0.4) is 0 Å². The van der Waals surface area contributed by atoms with Crippen LogP contribution in [0.15, 0.2) is 18.2 Å². The second-order valence-electron chi connectivity index (χ2n) is 4.40. The van der Waals surface area contributed by atoms with E-state index in [1.54, 1.807) is 23.7 Å². The largest absolute Gasteiger partial charge is 0.418 e. The van der Waals surface area contributed by atoms with Crippen molar-refractivity contribution in [2.24, 2.45) is 0 Å². The molecule has 0 aromatic heterocycles. The highest BCUT2D eigenvalue weighted by molar-refractivity contribution is 7.99. The third kappa shape index (κ3) is 2.68. The zero-order valence-electron chi connectivity index (χ0n) is 10.00.